The van der Waals surface area contributed by atoms with Gasteiger partial charge in [-0.05, 0) is 43.3 Å². The Morgan fingerprint density at radius 1 is 1.24 bits per heavy atom. The lowest BCUT2D eigenvalue weighted by molar-refractivity contribution is -0.152. The van der Waals surface area contributed by atoms with E-state index in [9.17, 15) is 14.4 Å². The predicted octanol–water partition coefficient (Wildman–Crippen LogP) is 2.96. The number of carbonyl (C=O) groups excluding carboxylic acids is 3. The fraction of sp³-hybridized carbons (Fsp3) is 0.238. The Labute approximate surface area is 172 Å². The number of para-hydroxylation sites is 1. The monoisotopic (exact) mass is 409 g/mol. The lowest BCUT2D eigenvalue weighted by Gasteiger charge is -2.28. The van der Waals surface area contributed by atoms with Crippen LogP contribution in [0.1, 0.15) is 18.9 Å². The molecule has 0 saturated heterocycles. The molecule has 1 N–H and O–H groups in total. The molecular formula is C21H19N3O4S. The summed E-state index contributed by atoms with van der Waals surface area (Å²) in [4.78, 5) is 39.2. The van der Waals surface area contributed by atoms with Gasteiger partial charge in [0.1, 0.15) is 0 Å². The first-order valence-corrected chi connectivity index (χ1v) is 9.99. The molecule has 0 fully saturated rings. The molecule has 2 aromatic rings. The maximum atomic E-state index is 12.2. The highest BCUT2D eigenvalue weighted by Crippen LogP contribution is 2.34. The Balaban J connectivity index is 1.51. The van der Waals surface area contributed by atoms with Gasteiger partial charge in [0, 0.05) is 17.1 Å². The van der Waals surface area contributed by atoms with Gasteiger partial charge in [0.15, 0.2) is 6.10 Å². The van der Waals surface area contributed by atoms with E-state index in [1.54, 1.807) is 29.2 Å². The number of hydrogen-bond acceptors (Lipinski definition) is 6. The number of thioether (sulfide) groups is 1. The second-order valence-electron chi connectivity index (χ2n) is 6.36. The van der Waals surface area contributed by atoms with Gasteiger partial charge in [-0.3, -0.25) is 14.4 Å². The molecule has 0 unspecified atom stereocenters. The number of ether oxygens (including phenoxy) is 1. The molecule has 2 aromatic carbocycles. The Bertz CT molecular complexity index is 969. The van der Waals surface area contributed by atoms with Crippen LogP contribution < -0.4 is 10.2 Å². The smallest absolute Gasteiger partial charge is 0.308 e. The van der Waals surface area contributed by atoms with Crippen molar-refractivity contribution >= 4 is 40.9 Å². The second-order valence-corrected chi connectivity index (χ2v) is 7.38. The molecule has 1 atom stereocenters. The topological polar surface area (TPSA) is 99.5 Å². The molecule has 148 valence electrons. The summed E-state index contributed by atoms with van der Waals surface area (Å²) < 4.78 is 5.20. The fourth-order valence-corrected chi connectivity index (χ4v) is 3.72. The van der Waals surface area contributed by atoms with Crippen LogP contribution in [0.5, 0.6) is 0 Å². The molecule has 8 heteroatoms. The predicted molar refractivity (Wildman–Crippen MR) is 109 cm³/mol. The summed E-state index contributed by atoms with van der Waals surface area (Å²) in [5.41, 5.74) is 1.77. The number of hydrogen-bond donors (Lipinski definition) is 1. The van der Waals surface area contributed by atoms with Crippen molar-refractivity contribution in [3.8, 4) is 6.07 Å². The van der Waals surface area contributed by atoms with Crippen molar-refractivity contribution in [1.82, 2.24) is 0 Å². The van der Waals surface area contributed by atoms with E-state index in [1.165, 1.54) is 18.7 Å². The van der Waals surface area contributed by atoms with Crippen molar-refractivity contribution in [2.24, 2.45) is 0 Å². The van der Waals surface area contributed by atoms with Crippen LogP contribution in [0.2, 0.25) is 0 Å². The van der Waals surface area contributed by atoms with Crippen LogP contribution in [-0.4, -0.2) is 36.2 Å². The second kappa shape index (κ2) is 9.26. The van der Waals surface area contributed by atoms with Gasteiger partial charge < -0.3 is 15.0 Å². The molecular weight excluding hydrogens is 390 g/mol. The average Bonchev–Trinajstić information content (AvgIpc) is 2.73. The summed E-state index contributed by atoms with van der Waals surface area (Å²) in [5, 5.41) is 11.4. The third-order valence-electron chi connectivity index (χ3n) is 4.31. The maximum absolute atomic E-state index is 12.2. The average molecular weight is 409 g/mol. The van der Waals surface area contributed by atoms with Gasteiger partial charge in [0.05, 0.1) is 29.5 Å². The molecule has 0 saturated carbocycles. The lowest BCUT2D eigenvalue weighted by atomic mass is 10.2. The molecule has 29 heavy (non-hydrogen) atoms. The summed E-state index contributed by atoms with van der Waals surface area (Å²) in [6.45, 7) is 1.67. The van der Waals surface area contributed by atoms with Crippen LogP contribution >= 0.6 is 11.8 Å². The van der Waals surface area contributed by atoms with E-state index in [4.69, 9.17) is 10.00 Å². The highest BCUT2D eigenvalue weighted by molar-refractivity contribution is 8.00. The first kappa shape index (κ1) is 20.4. The Hall–Kier alpha value is -3.31. The van der Waals surface area contributed by atoms with Crippen molar-refractivity contribution in [3.05, 3.63) is 54.1 Å². The number of esters is 1. The minimum atomic E-state index is -0.988. The maximum Gasteiger partial charge on any atom is 0.308 e. The van der Waals surface area contributed by atoms with Crippen molar-refractivity contribution in [2.75, 3.05) is 22.5 Å². The minimum Gasteiger partial charge on any atom is -0.452 e. The highest BCUT2D eigenvalue weighted by atomic mass is 32.2. The number of fused-ring (bicyclic) bond motifs is 1. The minimum absolute atomic E-state index is 0.0147. The van der Waals surface area contributed by atoms with Crippen LogP contribution in [0.4, 0.5) is 11.4 Å². The van der Waals surface area contributed by atoms with Gasteiger partial charge in [-0.2, -0.15) is 5.26 Å². The van der Waals surface area contributed by atoms with Crippen molar-refractivity contribution < 1.29 is 19.1 Å². The van der Waals surface area contributed by atoms with Crippen LogP contribution in [0.3, 0.4) is 0 Å². The molecule has 1 heterocycles. The standard InChI is InChI=1S/C21H19N3O4S/c1-14(21(27)23-16-8-6-15(12-22)7-9-16)28-20(26)10-11-24-17-4-2-3-5-18(17)29-13-19(24)25/h2-9,14H,10-11,13H2,1H3,(H,23,27)/t14-/m1/s1. The normalized spacial score (nSPS) is 13.8. The van der Waals surface area contributed by atoms with E-state index >= 15 is 0 Å². The van der Waals surface area contributed by atoms with Crippen LogP contribution in [0.15, 0.2) is 53.4 Å². The summed E-state index contributed by atoms with van der Waals surface area (Å²) in [7, 11) is 0. The zero-order valence-corrected chi connectivity index (χ0v) is 16.6. The first-order chi connectivity index (χ1) is 14.0. The molecule has 7 nitrogen and oxygen atoms in total. The molecule has 3 rings (SSSR count). The quantitative estimate of drug-likeness (QED) is 0.737. The highest BCUT2D eigenvalue weighted by Gasteiger charge is 2.25. The zero-order chi connectivity index (χ0) is 20.8. The Morgan fingerprint density at radius 3 is 2.69 bits per heavy atom. The van der Waals surface area contributed by atoms with Crippen molar-refractivity contribution in [3.63, 3.8) is 0 Å². The molecule has 0 radical (unpaired) electrons. The first-order valence-electron chi connectivity index (χ1n) is 9.00. The number of nitrogens with one attached hydrogen (secondary N) is 1. The van der Waals surface area contributed by atoms with Gasteiger partial charge in [-0.15, -0.1) is 11.8 Å². The zero-order valence-electron chi connectivity index (χ0n) is 15.8. The van der Waals surface area contributed by atoms with Crippen LogP contribution in [0.25, 0.3) is 0 Å². The number of amides is 2. The molecule has 0 aromatic heterocycles. The Morgan fingerprint density at radius 2 is 1.97 bits per heavy atom. The van der Waals surface area contributed by atoms with E-state index < -0.39 is 18.0 Å². The summed E-state index contributed by atoms with van der Waals surface area (Å²) in [5.74, 6) is -0.766. The number of carbonyl (C=O) groups is 3. The summed E-state index contributed by atoms with van der Waals surface area (Å²) >= 11 is 1.47. The largest absolute Gasteiger partial charge is 0.452 e. The molecule has 0 spiro atoms. The van der Waals surface area contributed by atoms with Gasteiger partial charge >= 0.3 is 5.97 Å². The van der Waals surface area contributed by atoms with E-state index in [2.05, 4.69) is 5.32 Å². The van der Waals surface area contributed by atoms with Crippen LogP contribution in [-0.2, 0) is 19.1 Å². The van der Waals surface area contributed by atoms with Crippen LogP contribution in [0, 0.1) is 11.3 Å². The number of nitrogens with zero attached hydrogens (tertiary/aromatic N) is 2. The van der Waals surface area contributed by atoms with Crippen molar-refractivity contribution in [1.29, 1.82) is 5.26 Å². The summed E-state index contributed by atoms with van der Waals surface area (Å²) in [6, 6.07) is 15.9. The fourth-order valence-electron chi connectivity index (χ4n) is 2.78. The van der Waals surface area contributed by atoms with Gasteiger partial charge in [0.25, 0.3) is 5.91 Å². The lowest BCUT2D eigenvalue weighted by Crippen LogP contribution is -2.38. The molecule has 2 amide bonds. The van der Waals surface area contributed by atoms with E-state index in [0.29, 0.717) is 17.0 Å². The van der Waals surface area contributed by atoms with Gasteiger partial charge in [-0.1, -0.05) is 12.1 Å². The third kappa shape index (κ3) is 5.15. The summed E-state index contributed by atoms with van der Waals surface area (Å²) in [6.07, 6.45) is -1.00. The SMILES string of the molecule is C[C@@H](OC(=O)CCN1C(=O)CSc2ccccc21)C(=O)Nc1ccc(C#N)cc1. The number of anilines is 2. The van der Waals surface area contributed by atoms with E-state index in [0.717, 1.165) is 10.6 Å². The number of rotatable bonds is 6. The molecule has 1 aliphatic rings. The van der Waals surface area contributed by atoms with Crippen molar-refractivity contribution in [2.45, 2.75) is 24.3 Å². The molecule has 0 aliphatic carbocycles. The molecule has 1 aliphatic heterocycles. The third-order valence-corrected chi connectivity index (χ3v) is 5.35. The Kier molecular flexibility index (Phi) is 6.52. The number of benzene rings is 2. The number of nitriles is 1. The molecule has 0 bridgehead atoms. The van der Waals surface area contributed by atoms with Gasteiger partial charge in [-0.25, -0.2) is 0 Å². The van der Waals surface area contributed by atoms with E-state index in [-0.39, 0.29) is 18.9 Å². The van der Waals surface area contributed by atoms with E-state index in [1.807, 2.05) is 30.3 Å². The van der Waals surface area contributed by atoms with Gasteiger partial charge in [0.2, 0.25) is 5.91 Å².